The minimum atomic E-state index is -4.87. The van der Waals surface area contributed by atoms with Crippen LogP contribution in [0, 0.1) is 5.92 Å². The van der Waals surface area contributed by atoms with Gasteiger partial charge in [-0.3, -0.25) is 56.5 Å². The number of hydrogen-bond acceptors (Lipinski definition) is 25. The second-order valence-corrected chi connectivity index (χ2v) is 29.6. The zero-order valence-electron chi connectivity index (χ0n) is 59.8. The number of imidazole rings is 1. The van der Waals surface area contributed by atoms with Gasteiger partial charge >= 0.3 is 15.6 Å². The minimum absolute atomic E-state index is 0.00204. The summed E-state index contributed by atoms with van der Waals surface area (Å²) in [5.41, 5.74) is 5.41. The Bertz CT molecular complexity index is 2790. The van der Waals surface area contributed by atoms with E-state index in [0.29, 0.717) is 172 Å². The molecule has 2 aromatic heterocycles. The number of β-amino-alcohol motifs (C(OH)–C–C–N with tert-alkyl or cyclic N) is 1. The largest absolute Gasteiger partial charge is 0.472 e. The van der Waals surface area contributed by atoms with Gasteiger partial charge in [-0.2, -0.15) is 0 Å². The van der Waals surface area contributed by atoms with Gasteiger partial charge in [-0.15, -0.1) is 0 Å². The number of hydrogen-bond donors (Lipinski definition) is 10. The van der Waals surface area contributed by atoms with Crippen LogP contribution in [0.4, 0.5) is 5.82 Å². The first kappa shape index (κ1) is 89.2. The van der Waals surface area contributed by atoms with Crippen LogP contribution in [0.1, 0.15) is 224 Å². The number of aliphatic hydroxyl groups is 4. The summed E-state index contributed by atoms with van der Waals surface area (Å²) in [4.78, 5) is 138. The van der Waals surface area contributed by atoms with Crippen molar-refractivity contribution >= 4 is 79.4 Å². The Balaban J connectivity index is 1.31. The summed E-state index contributed by atoms with van der Waals surface area (Å²) >= 11 is 0. The highest BCUT2D eigenvalue weighted by Gasteiger charge is 2.44. The smallest absolute Gasteiger partial charge is 0.396 e. The van der Waals surface area contributed by atoms with Crippen LogP contribution in [0.15, 0.2) is 12.7 Å². The number of nitrogens with two attached hydrogens (primary N) is 1. The molecular weight excluding hydrogens is 1370 g/mol. The van der Waals surface area contributed by atoms with Crippen LogP contribution in [-0.2, 0) is 79.8 Å². The number of nitrogens with one attached hydrogen (secondary N) is 3. The molecule has 1 aliphatic carbocycles. The Morgan fingerprint density at radius 1 is 0.549 bits per heavy atom. The number of carbonyl (C=O) groups is 8. The van der Waals surface area contributed by atoms with E-state index in [9.17, 15) is 62.4 Å². The summed E-state index contributed by atoms with van der Waals surface area (Å²) in [5.74, 6) is -1.42. The molecule has 3 heterocycles. The van der Waals surface area contributed by atoms with E-state index < -0.39 is 58.0 Å². The first-order chi connectivity index (χ1) is 49.0. The number of ether oxygens (including phenoxy) is 3. The van der Waals surface area contributed by atoms with Crippen LogP contribution in [0.2, 0.25) is 0 Å². The quantitative estimate of drug-likeness (QED) is 0.0265. The minimum Gasteiger partial charge on any atom is -0.396 e. The Morgan fingerprint density at radius 2 is 1.01 bits per heavy atom. The number of Topliss-reactive ketones (excluding diaryl/α,β-unsaturated/α-hetero) is 4. The SMILES string of the molecule is COP(=O)(O)OC[C@H]1C[C@@H](n2cnc3c(N)ncnc32)C[C@@H]1OP(=O)(O)OC[C@@H]1C[C@@H](O)CN1C(=O)CCCCCCCCC(=O)NC(COCCC(=O)CCCCCC(=O)CCCCO)(COCCC(=O)CCCCNC(=O)CCCCO)COCCC(=O)NCCCCC(=O)CCCCO. The van der Waals surface area contributed by atoms with Gasteiger partial charge in [0.2, 0.25) is 23.6 Å². The summed E-state index contributed by atoms with van der Waals surface area (Å²) in [6.07, 6.45) is 15.8. The number of carbonyl (C=O) groups excluding carboxylic acids is 8. The van der Waals surface area contributed by atoms with Crippen molar-refractivity contribution in [2.75, 3.05) is 105 Å². The van der Waals surface area contributed by atoms with Gasteiger partial charge < -0.3 is 75.6 Å². The highest BCUT2D eigenvalue weighted by atomic mass is 31.2. The van der Waals surface area contributed by atoms with E-state index in [1.807, 2.05) is 0 Å². The van der Waals surface area contributed by atoms with Crippen LogP contribution in [0.3, 0.4) is 0 Å². The van der Waals surface area contributed by atoms with Crippen molar-refractivity contribution < 1.29 is 110 Å². The lowest BCUT2D eigenvalue weighted by Crippen LogP contribution is -2.58. The number of amides is 4. The van der Waals surface area contributed by atoms with Crippen LogP contribution < -0.4 is 21.7 Å². The number of ketones is 4. The summed E-state index contributed by atoms with van der Waals surface area (Å²) < 4.78 is 66.8. The predicted octanol–water partition coefficient (Wildman–Crippen LogP) is 6.07. The molecule has 1 aliphatic heterocycles. The van der Waals surface area contributed by atoms with Crippen molar-refractivity contribution in [1.29, 1.82) is 0 Å². The van der Waals surface area contributed by atoms with Crippen LogP contribution >= 0.6 is 15.6 Å². The first-order valence-electron chi connectivity index (χ1n) is 36.6. The molecule has 1 saturated heterocycles. The standard InChI is InChI=1S/C68H117N9O23P2/c1-94-101(90,91)98-45-52-41-53(77-51-74-65-66(69)72-50-73-67(65)77)43-60(52)100-102(92,93)99-46-54-42-59(85)44-76(54)64(89)29-10-5-3-2-4-9-28-63(88)75-68(47-95-38-30-57(83)22-8-6-7-21-55(81)25-13-18-35-78,48-96-39-31-58(84)24-12-17-33-70-61(86)27-15-20-37-80)49-97-40-32-62(87)71-34-16-11-23-56(82)26-14-19-36-79/h50-54,59-60,78-80,85H,2-49H2,1H3,(H,70,86)(H,71,87)(H,75,88)(H,90,91)(H,92,93)(H2,69,72,73)/t52-,53-,54+,59-,60+,68?/m1/s1. The van der Waals surface area contributed by atoms with Crippen molar-refractivity contribution in [3.05, 3.63) is 12.7 Å². The molecule has 3 unspecified atom stereocenters. The Kier molecular flexibility index (Phi) is 44.7. The second-order valence-electron chi connectivity index (χ2n) is 26.6. The molecule has 2 aromatic rings. The third kappa shape index (κ3) is 37.7. The van der Waals surface area contributed by atoms with Gasteiger partial charge in [0.25, 0.3) is 0 Å². The number of rotatable bonds is 63. The number of phosphoric ester groups is 2. The fourth-order valence-electron chi connectivity index (χ4n) is 12.2. The molecule has 4 rings (SSSR count). The number of nitrogens with zero attached hydrogens (tertiary/aromatic N) is 5. The number of fused-ring (bicyclic) bond motifs is 1. The third-order valence-corrected chi connectivity index (χ3v) is 19.9. The van der Waals surface area contributed by atoms with Crippen molar-refractivity contribution in [3.8, 4) is 0 Å². The van der Waals surface area contributed by atoms with Crippen LogP contribution in [-0.4, -0.2) is 225 Å². The molecule has 8 atom stereocenters. The van der Waals surface area contributed by atoms with E-state index >= 15 is 0 Å². The van der Waals surface area contributed by atoms with Crippen molar-refractivity contribution in [1.82, 2.24) is 40.4 Å². The zero-order valence-corrected chi connectivity index (χ0v) is 61.6. The predicted molar refractivity (Wildman–Crippen MR) is 375 cm³/mol. The first-order valence-corrected chi connectivity index (χ1v) is 39.6. The molecule has 0 bridgehead atoms. The van der Waals surface area contributed by atoms with Gasteiger partial charge in [-0.25, -0.2) is 24.1 Å². The summed E-state index contributed by atoms with van der Waals surface area (Å²) in [7, 11) is -8.30. The molecule has 4 amide bonds. The number of unbranched alkanes of at least 4 members (excludes halogenated alkanes) is 12. The number of phosphoric acid groups is 2. The van der Waals surface area contributed by atoms with Crippen molar-refractivity contribution in [3.63, 3.8) is 0 Å². The number of likely N-dealkylation sites (tertiary alicyclic amines) is 1. The maximum atomic E-state index is 14.0. The summed E-state index contributed by atoms with van der Waals surface area (Å²) in [6.45, 7) is -0.440. The van der Waals surface area contributed by atoms with E-state index in [1.165, 1.54) is 17.6 Å². The van der Waals surface area contributed by atoms with Gasteiger partial charge in [0.05, 0.1) is 77.4 Å². The van der Waals surface area contributed by atoms with Crippen LogP contribution in [0.5, 0.6) is 0 Å². The average Bonchev–Trinajstić information content (AvgIpc) is 1.63. The van der Waals surface area contributed by atoms with Crippen LogP contribution in [0.25, 0.3) is 11.2 Å². The molecule has 11 N–H and O–H groups in total. The number of aliphatic hydroxyl groups excluding tert-OH is 4. The van der Waals surface area contributed by atoms with Gasteiger partial charge in [-0.1, -0.05) is 32.1 Å². The molecular formula is C68H117N9O23P2. The van der Waals surface area contributed by atoms with Gasteiger partial charge in [0.15, 0.2) is 11.5 Å². The number of anilines is 1. The molecule has 102 heavy (non-hydrogen) atoms. The maximum absolute atomic E-state index is 14.0. The molecule has 32 nitrogen and oxygen atoms in total. The summed E-state index contributed by atoms with van der Waals surface area (Å²) in [5, 5.41) is 46.4. The summed E-state index contributed by atoms with van der Waals surface area (Å²) in [6, 6.07) is -1.18. The molecule has 0 radical (unpaired) electrons. The molecule has 1 saturated carbocycles. The van der Waals surface area contributed by atoms with E-state index in [2.05, 4.69) is 35.4 Å². The molecule has 2 aliphatic rings. The molecule has 0 aromatic carbocycles. The van der Waals surface area contributed by atoms with Crippen molar-refractivity contribution in [2.24, 2.45) is 5.92 Å². The fourth-order valence-corrected chi connectivity index (χ4v) is 13.7. The zero-order chi connectivity index (χ0) is 74.4. The highest BCUT2D eigenvalue weighted by Crippen LogP contribution is 2.52. The Hall–Kier alpha value is -5.15. The van der Waals surface area contributed by atoms with E-state index in [-0.39, 0.29) is 183 Å². The van der Waals surface area contributed by atoms with E-state index in [1.54, 1.807) is 4.57 Å². The second kappa shape index (κ2) is 51.1. The Morgan fingerprint density at radius 3 is 1.57 bits per heavy atom. The Labute approximate surface area is 599 Å². The number of nitrogen functional groups attached to an aromatic ring is 1. The topological polar surface area (TPSA) is 466 Å². The normalized spacial score (nSPS) is 18.6. The monoisotopic (exact) mass is 1490 g/mol. The average molecular weight is 1490 g/mol. The van der Waals surface area contributed by atoms with Gasteiger partial charge in [-0.05, 0) is 109 Å². The van der Waals surface area contributed by atoms with Crippen molar-refractivity contribution in [2.45, 2.75) is 248 Å². The molecule has 582 valence electrons. The maximum Gasteiger partial charge on any atom is 0.472 e. The lowest BCUT2D eigenvalue weighted by atomic mass is 10.0. The van der Waals surface area contributed by atoms with Gasteiger partial charge in [0, 0.05) is 136 Å². The third-order valence-electron chi connectivity index (χ3n) is 17.9. The number of aromatic nitrogens is 4. The fraction of sp³-hybridized carbons (Fsp3) is 0.809. The van der Waals surface area contributed by atoms with Gasteiger partial charge in [0.1, 0.15) is 40.5 Å². The lowest BCUT2D eigenvalue weighted by Gasteiger charge is -2.34. The molecule has 2 fully saturated rings. The lowest BCUT2D eigenvalue weighted by molar-refractivity contribution is -0.133. The molecule has 34 heteroatoms. The van der Waals surface area contributed by atoms with E-state index in [4.69, 9.17) is 48.8 Å². The highest BCUT2D eigenvalue weighted by molar-refractivity contribution is 7.47. The van der Waals surface area contributed by atoms with E-state index in [0.717, 1.165) is 20.0 Å². The molecule has 0 spiro atoms.